The monoisotopic (exact) mass is 1490 g/mol. The van der Waals surface area contributed by atoms with Gasteiger partial charge in [-0.1, -0.05) is 74.5 Å². The summed E-state index contributed by atoms with van der Waals surface area (Å²) >= 11 is 1.37. The van der Waals surface area contributed by atoms with E-state index in [4.69, 9.17) is 28.0 Å². The van der Waals surface area contributed by atoms with Crippen LogP contribution in [0.3, 0.4) is 0 Å². The van der Waals surface area contributed by atoms with Gasteiger partial charge in [0.25, 0.3) is 0 Å². The number of carbonyl (C=O) groups excluding carboxylic acids is 11. The standard InChI is InChI=1S/C68H95N21O16S/c1-36(2)56(89-58(97)44(69)26-39-18-20-42(90)21-19-39)66(105)85-48(22-25-106-4)59(98)78-33-53(91)82-51(29-41-32-74-35-80-41)63(102)81-37(3)57(96)83-46(16-10-23-75-67(70)71)61(100)87-50(28-40-31-77-45-15-9-8-14-43(40)45)64(103)88-52(30-54(92)93)65(104)84-47(17-11-24-76-68(72)73)62(101)86-49(60(99)79-34-55(94)95)27-38-12-6-5-7-13-38/h5-9,12-15,18-21,31-32,35-37,44,46-52,56,77,90H,10-11,16-17,22-30,33-34,69H2,1-4H3,(H,74,80)(H,78,98)(H,79,99)(H,81,102)(H,82,91)(H,83,96)(H,84,104)(H,85,105)(H,86,101)(H,87,100)(H,88,103)(H,89,97)(H,92,93)(H,94,95)(H4,70,71,75)(H4,72,73,76)/t37-,44-,46-,47-,48-,49-,50-,51-,52-,56-/m0/s1. The molecule has 0 unspecified atom stereocenters. The minimum Gasteiger partial charge on any atom is -0.508 e. The Kier molecular flexibility index (Phi) is 34.7. The van der Waals surface area contributed by atoms with E-state index in [9.17, 15) is 77.6 Å². The molecule has 0 fully saturated rings. The number of nitrogens with zero attached hydrogens (tertiary/aromatic N) is 1. The van der Waals surface area contributed by atoms with Crippen LogP contribution in [0.4, 0.5) is 0 Å². The first-order valence-electron chi connectivity index (χ1n) is 33.9. The lowest BCUT2D eigenvalue weighted by Crippen LogP contribution is -2.60. The third-order valence-electron chi connectivity index (χ3n) is 16.3. The molecule has 3 aromatic carbocycles. The van der Waals surface area contributed by atoms with E-state index in [2.05, 4.69) is 84.1 Å². The molecule has 0 radical (unpaired) electrons. The SMILES string of the molecule is CSCC[C@H](NC(=O)[C@@H](NC(=O)[C@@H](N)Cc1ccc(O)cc1)C(C)C)C(=O)NCC(=O)N[C@@H](Cc1c[nH]cn1)C(=O)N[C@@H](C)C(=O)N[C@@H](CCCNC(=N)N)C(=O)N[C@@H](Cc1c[nH]c2ccccc12)C(=O)N[C@@H](CC(=O)O)C(=O)N[C@@H](CCCNC(=N)N)C(=O)N[C@@H](Cc1ccccc1)C(=O)NCC(=O)O. The Labute approximate surface area is 613 Å². The number of H-pyrrole nitrogens is 2. The smallest absolute Gasteiger partial charge is 0.322 e. The molecule has 0 aliphatic heterocycles. The van der Waals surface area contributed by atoms with Crippen LogP contribution in [-0.2, 0) is 88.0 Å². The molecule has 5 aromatic rings. The average Bonchev–Trinajstić information content (AvgIpc) is 1.65. The van der Waals surface area contributed by atoms with Gasteiger partial charge in [0.1, 0.15) is 66.7 Å². The maximum atomic E-state index is 14.8. The first kappa shape index (κ1) is 84.8. The Balaban J connectivity index is 1.35. The van der Waals surface area contributed by atoms with Crippen LogP contribution in [0.1, 0.15) is 81.7 Å². The van der Waals surface area contributed by atoms with Crippen molar-refractivity contribution < 1.29 is 77.6 Å². The molecule has 5 rings (SSSR count). The van der Waals surface area contributed by atoms with Crippen molar-refractivity contribution in [2.24, 2.45) is 23.1 Å². The van der Waals surface area contributed by atoms with E-state index in [1.807, 2.05) is 0 Å². The summed E-state index contributed by atoms with van der Waals surface area (Å²) < 4.78 is 0. The molecule has 2 aromatic heterocycles. The Morgan fingerprint density at radius 1 is 0.509 bits per heavy atom. The second-order valence-corrected chi connectivity index (χ2v) is 26.1. The lowest BCUT2D eigenvalue weighted by atomic mass is 10.0. The molecular formula is C68H95N21O16S. The first-order chi connectivity index (χ1) is 50.4. The molecule has 2 heterocycles. The lowest BCUT2D eigenvalue weighted by Gasteiger charge is -2.27. The fourth-order valence-corrected chi connectivity index (χ4v) is 11.2. The van der Waals surface area contributed by atoms with Gasteiger partial charge in [0, 0.05) is 55.6 Å². The second-order valence-electron chi connectivity index (χ2n) is 25.1. The molecule has 38 heteroatoms. The molecule has 11 amide bonds. The summed E-state index contributed by atoms with van der Waals surface area (Å²) in [7, 11) is 0. The number of aromatic amines is 2. The maximum Gasteiger partial charge on any atom is 0.322 e. The van der Waals surface area contributed by atoms with E-state index >= 15 is 0 Å². The molecular weight excluding hydrogens is 1400 g/mol. The third kappa shape index (κ3) is 29.5. The second kappa shape index (κ2) is 43.3. The predicted molar refractivity (Wildman–Crippen MR) is 389 cm³/mol. The number of carboxylic acid groups (broad SMARTS) is 2. The Morgan fingerprint density at radius 2 is 1.02 bits per heavy atom. The van der Waals surface area contributed by atoms with Crippen LogP contribution in [0, 0.1) is 16.7 Å². The fraction of sp³-hybridized carbons (Fsp3) is 0.441. The lowest BCUT2D eigenvalue weighted by molar-refractivity contribution is -0.141. The third-order valence-corrected chi connectivity index (χ3v) is 17.0. The van der Waals surface area contributed by atoms with Crippen LogP contribution < -0.4 is 86.3 Å². The minimum absolute atomic E-state index is 0.00703. The van der Waals surface area contributed by atoms with Crippen LogP contribution in [0.15, 0.2) is 97.6 Å². The molecule has 0 bridgehead atoms. The number of amides is 11. The van der Waals surface area contributed by atoms with E-state index in [1.165, 1.54) is 43.3 Å². The number of para-hydroxylation sites is 1. The van der Waals surface area contributed by atoms with Crippen LogP contribution in [0.2, 0.25) is 0 Å². The largest absolute Gasteiger partial charge is 0.508 e. The molecule has 0 saturated carbocycles. The molecule has 0 aliphatic carbocycles. The molecule has 106 heavy (non-hydrogen) atoms. The highest BCUT2D eigenvalue weighted by molar-refractivity contribution is 7.98. The summed E-state index contributed by atoms with van der Waals surface area (Å²) in [6, 6.07) is 6.67. The number of thioether (sulfide) groups is 1. The van der Waals surface area contributed by atoms with Crippen molar-refractivity contribution in [2.45, 2.75) is 145 Å². The number of imidazole rings is 1. The van der Waals surface area contributed by atoms with Crippen molar-refractivity contribution in [3.63, 3.8) is 0 Å². The minimum atomic E-state index is -1.99. The highest BCUT2D eigenvalue weighted by Crippen LogP contribution is 2.20. The number of fused-ring (bicyclic) bond motifs is 1. The van der Waals surface area contributed by atoms with E-state index in [0.717, 1.165) is 0 Å². The van der Waals surface area contributed by atoms with Crippen molar-refractivity contribution >= 4 is 112 Å². The summed E-state index contributed by atoms with van der Waals surface area (Å²) in [5.74, 6) is -14.1. The molecule has 0 aliphatic rings. The molecule has 26 N–H and O–H groups in total. The molecule has 574 valence electrons. The van der Waals surface area contributed by atoms with Crippen LogP contribution in [0.25, 0.3) is 10.9 Å². The number of rotatable bonds is 45. The topological polar surface area (TPSA) is 609 Å². The maximum absolute atomic E-state index is 14.8. The van der Waals surface area contributed by atoms with Gasteiger partial charge < -0.3 is 112 Å². The van der Waals surface area contributed by atoms with Gasteiger partial charge in [-0.15, -0.1) is 0 Å². The van der Waals surface area contributed by atoms with Crippen LogP contribution >= 0.6 is 11.8 Å². The number of nitrogens with one attached hydrogen (secondary N) is 17. The number of hydrogen-bond donors (Lipinski definition) is 23. The summed E-state index contributed by atoms with van der Waals surface area (Å²) in [5.41, 5.74) is 19.7. The van der Waals surface area contributed by atoms with Crippen molar-refractivity contribution in [3.05, 3.63) is 120 Å². The zero-order valence-corrected chi connectivity index (χ0v) is 59.7. The number of guanidine groups is 2. The van der Waals surface area contributed by atoms with E-state index in [-0.39, 0.29) is 82.3 Å². The number of nitrogens with two attached hydrogens (primary N) is 3. The van der Waals surface area contributed by atoms with Crippen molar-refractivity contribution in [3.8, 4) is 5.75 Å². The van der Waals surface area contributed by atoms with Crippen LogP contribution in [-0.4, -0.2) is 218 Å². The van der Waals surface area contributed by atoms with Gasteiger partial charge >= 0.3 is 11.9 Å². The van der Waals surface area contributed by atoms with Gasteiger partial charge in [-0.2, -0.15) is 11.8 Å². The predicted octanol–water partition coefficient (Wildman–Crippen LogP) is -3.70. The van der Waals surface area contributed by atoms with Gasteiger partial charge in [0.15, 0.2) is 11.9 Å². The molecule has 10 atom stereocenters. The number of aliphatic carboxylic acids is 2. The van der Waals surface area contributed by atoms with E-state index in [0.29, 0.717) is 33.3 Å². The highest BCUT2D eigenvalue weighted by Gasteiger charge is 2.37. The van der Waals surface area contributed by atoms with Gasteiger partial charge in [-0.05, 0) is 98.3 Å². The summed E-state index contributed by atoms with van der Waals surface area (Å²) in [6.45, 7) is 3.08. The molecule has 0 saturated heterocycles. The fourth-order valence-electron chi connectivity index (χ4n) is 10.7. The summed E-state index contributed by atoms with van der Waals surface area (Å²) in [5, 5.41) is 77.8. The van der Waals surface area contributed by atoms with Crippen LogP contribution in [0.5, 0.6) is 5.75 Å². The average molecular weight is 1490 g/mol. The number of phenols is 1. The Morgan fingerprint density at radius 3 is 1.60 bits per heavy atom. The number of benzene rings is 3. The number of aromatic hydroxyl groups is 1. The highest BCUT2D eigenvalue weighted by atomic mass is 32.2. The quantitative estimate of drug-likeness (QED) is 0.0101. The van der Waals surface area contributed by atoms with Crippen molar-refractivity contribution in [1.82, 2.24) is 84.1 Å². The number of carbonyl (C=O) groups is 13. The first-order valence-corrected chi connectivity index (χ1v) is 35.3. The number of phenolic OH excluding ortho intramolecular Hbond substituents is 1. The summed E-state index contributed by atoms with van der Waals surface area (Å²) in [4.78, 5) is 189. The van der Waals surface area contributed by atoms with Crippen molar-refractivity contribution in [1.29, 1.82) is 10.8 Å². The van der Waals surface area contributed by atoms with Gasteiger partial charge in [0.05, 0.1) is 31.0 Å². The van der Waals surface area contributed by atoms with E-state index < -0.39 is 175 Å². The zero-order valence-electron chi connectivity index (χ0n) is 58.9. The molecule has 37 nitrogen and oxygen atoms in total. The Hall–Kier alpha value is -11.8. The number of hydrogen-bond acceptors (Lipinski definition) is 19. The van der Waals surface area contributed by atoms with Gasteiger partial charge in [0.2, 0.25) is 65.0 Å². The molecule has 0 spiro atoms. The van der Waals surface area contributed by atoms with Gasteiger partial charge in [-0.3, -0.25) is 73.1 Å². The Bertz CT molecular complexity index is 3840. The van der Waals surface area contributed by atoms with Crippen molar-refractivity contribution in [2.75, 3.05) is 38.2 Å². The van der Waals surface area contributed by atoms with Gasteiger partial charge in [-0.25, -0.2) is 4.98 Å². The summed E-state index contributed by atoms with van der Waals surface area (Å²) in [6.07, 6.45) is 4.02. The number of carboxylic acids is 2. The van der Waals surface area contributed by atoms with E-state index in [1.54, 1.807) is 93.0 Å². The normalized spacial score (nSPS) is 13.8. The number of aromatic nitrogens is 3. The zero-order chi connectivity index (χ0) is 78.0.